The molecule has 0 atom stereocenters. The van der Waals surface area contributed by atoms with Crippen molar-refractivity contribution in [3.05, 3.63) is 18.2 Å². The summed E-state index contributed by atoms with van der Waals surface area (Å²) in [7, 11) is 0. The molecule has 0 aliphatic carbocycles. The Morgan fingerprint density at radius 3 is 3.00 bits per heavy atom. The molecule has 0 saturated carbocycles. The summed E-state index contributed by atoms with van der Waals surface area (Å²) in [5.74, 6) is 2.03. The van der Waals surface area contributed by atoms with Crippen molar-refractivity contribution in [1.82, 2.24) is 9.55 Å². The standard InChI is InChI=1S/C9H17N3S/c1-8(2)12-7-11-5-9(12)6-13-4-3-10/h5,7-8H,3-4,6,10H2,1-2H3. The van der Waals surface area contributed by atoms with Crippen LogP contribution in [0.3, 0.4) is 0 Å². The van der Waals surface area contributed by atoms with E-state index >= 15 is 0 Å². The molecule has 0 spiro atoms. The summed E-state index contributed by atoms with van der Waals surface area (Å²) in [6.07, 6.45) is 3.83. The topological polar surface area (TPSA) is 43.8 Å². The zero-order chi connectivity index (χ0) is 9.68. The number of hydrogen-bond donors (Lipinski definition) is 1. The Balaban J connectivity index is 2.50. The first-order chi connectivity index (χ1) is 6.25. The molecule has 0 saturated heterocycles. The zero-order valence-corrected chi connectivity index (χ0v) is 9.05. The predicted octanol–water partition coefficient (Wildman–Crippen LogP) is 1.66. The number of imidazole rings is 1. The fourth-order valence-electron chi connectivity index (χ4n) is 1.17. The number of nitrogens with two attached hydrogens (primary N) is 1. The molecule has 13 heavy (non-hydrogen) atoms. The number of aromatic nitrogens is 2. The van der Waals surface area contributed by atoms with Crippen molar-refractivity contribution >= 4 is 11.8 Å². The number of thioether (sulfide) groups is 1. The summed E-state index contributed by atoms with van der Waals surface area (Å²) < 4.78 is 2.20. The van der Waals surface area contributed by atoms with Crippen molar-refractivity contribution < 1.29 is 0 Å². The number of rotatable bonds is 5. The molecule has 74 valence electrons. The van der Waals surface area contributed by atoms with Gasteiger partial charge in [0.25, 0.3) is 0 Å². The molecular weight excluding hydrogens is 182 g/mol. The van der Waals surface area contributed by atoms with Crippen LogP contribution in [0.1, 0.15) is 25.6 Å². The zero-order valence-electron chi connectivity index (χ0n) is 8.23. The highest BCUT2D eigenvalue weighted by Crippen LogP contribution is 2.14. The lowest BCUT2D eigenvalue weighted by atomic mass is 10.4. The Bertz CT molecular complexity index is 245. The van der Waals surface area contributed by atoms with Gasteiger partial charge in [0.1, 0.15) is 0 Å². The second-order valence-electron chi connectivity index (χ2n) is 3.23. The fourth-order valence-corrected chi connectivity index (χ4v) is 1.91. The Morgan fingerprint density at radius 1 is 1.62 bits per heavy atom. The van der Waals surface area contributed by atoms with Gasteiger partial charge >= 0.3 is 0 Å². The van der Waals surface area contributed by atoms with Crippen LogP contribution in [0.2, 0.25) is 0 Å². The van der Waals surface area contributed by atoms with Gasteiger partial charge in [0.15, 0.2) is 0 Å². The van der Waals surface area contributed by atoms with Crippen molar-refractivity contribution in [1.29, 1.82) is 0 Å². The van der Waals surface area contributed by atoms with E-state index in [0.29, 0.717) is 6.04 Å². The fraction of sp³-hybridized carbons (Fsp3) is 0.667. The third-order valence-electron chi connectivity index (χ3n) is 1.81. The molecule has 0 aliphatic heterocycles. The molecule has 0 aromatic carbocycles. The minimum atomic E-state index is 0.496. The van der Waals surface area contributed by atoms with Gasteiger partial charge in [-0.2, -0.15) is 11.8 Å². The smallest absolute Gasteiger partial charge is 0.0950 e. The quantitative estimate of drug-likeness (QED) is 0.733. The molecule has 0 bridgehead atoms. The second-order valence-corrected chi connectivity index (χ2v) is 4.33. The predicted molar refractivity (Wildman–Crippen MR) is 57.8 cm³/mol. The lowest BCUT2D eigenvalue weighted by Gasteiger charge is -2.10. The largest absolute Gasteiger partial charge is 0.331 e. The van der Waals surface area contributed by atoms with Crippen molar-refractivity contribution in [3.8, 4) is 0 Å². The maximum atomic E-state index is 5.42. The molecule has 2 N–H and O–H groups in total. The van der Waals surface area contributed by atoms with Gasteiger partial charge in [0.2, 0.25) is 0 Å². The highest BCUT2D eigenvalue weighted by Gasteiger charge is 2.04. The highest BCUT2D eigenvalue weighted by molar-refractivity contribution is 7.98. The van der Waals surface area contributed by atoms with Crippen LogP contribution in [0.25, 0.3) is 0 Å². The first-order valence-electron chi connectivity index (χ1n) is 4.54. The molecule has 3 nitrogen and oxygen atoms in total. The van der Waals surface area contributed by atoms with Crippen molar-refractivity contribution in [2.75, 3.05) is 12.3 Å². The van der Waals surface area contributed by atoms with Gasteiger partial charge in [0, 0.05) is 36.0 Å². The average molecular weight is 199 g/mol. The number of nitrogens with zero attached hydrogens (tertiary/aromatic N) is 2. The van der Waals surface area contributed by atoms with Crippen LogP contribution in [0.5, 0.6) is 0 Å². The van der Waals surface area contributed by atoms with Gasteiger partial charge in [-0.25, -0.2) is 4.98 Å². The molecule has 0 radical (unpaired) electrons. The lowest BCUT2D eigenvalue weighted by molar-refractivity contribution is 0.584. The van der Waals surface area contributed by atoms with Gasteiger partial charge in [-0.05, 0) is 13.8 Å². The Hall–Kier alpha value is -0.480. The van der Waals surface area contributed by atoms with Crippen LogP contribution in [-0.2, 0) is 5.75 Å². The summed E-state index contributed by atoms with van der Waals surface area (Å²) in [4.78, 5) is 4.14. The van der Waals surface area contributed by atoms with E-state index in [-0.39, 0.29) is 0 Å². The van der Waals surface area contributed by atoms with E-state index in [9.17, 15) is 0 Å². The minimum absolute atomic E-state index is 0.496. The summed E-state index contributed by atoms with van der Waals surface area (Å²) in [5, 5.41) is 0. The normalized spacial score (nSPS) is 11.1. The van der Waals surface area contributed by atoms with E-state index in [1.54, 1.807) is 0 Å². The Morgan fingerprint density at radius 2 is 2.38 bits per heavy atom. The van der Waals surface area contributed by atoms with Gasteiger partial charge in [-0.3, -0.25) is 0 Å². The second kappa shape index (κ2) is 5.29. The molecule has 1 rings (SSSR count). The van der Waals surface area contributed by atoms with E-state index in [1.807, 2.05) is 24.3 Å². The molecular formula is C9H17N3S. The van der Waals surface area contributed by atoms with E-state index in [1.165, 1.54) is 5.69 Å². The summed E-state index contributed by atoms with van der Waals surface area (Å²) in [6, 6.07) is 0.496. The summed E-state index contributed by atoms with van der Waals surface area (Å²) >= 11 is 1.86. The van der Waals surface area contributed by atoms with Crippen LogP contribution < -0.4 is 5.73 Å². The third kappa shape index (κ3) is 3.04. The highest BCUT2D eigenvalue weighted by atomic mass is 32.2. The van der Waals surface area contributed by atoms with Crippen LogP contribution in [-0.4, -0.2) is 21.8 Å². The van der Waals surface area contributed by atoms with Crippen LogP contribution in [0.4, 0.5) is 0 Å². The molecule has 0 fully saturated rings. The van der Waals surface area contributed by atoms with Gasteiger partial charge in [0.05, 0.1) is 6.33 Å². The van der Waals surface area contributed by atoms with Gasteiger partial charge < -0.3 is 10.3 Å². The van der Waals surface area contributed by atoms with E-state index in [4.69, 9.17) is 5.73 Å². The summed E-state index contributed by atoms with van der Waals surface area (Å²) in [5.41, 5.74) is 6.71. The first-order valence-corrected chi connectivity index (χ1v) is 5.69. The van der Waals surface area contributed by atoms with Gasteiger partial charge in [-0.15, -0.1) is 0 Å². The van der Waals surface area contributed by atoms with Gasteiger partial charge in [-0.1, -0.05) is 0 Å². The minimum Gasteiger partial charge on any atom is -0.331 e. The van der Waals surface area contributed by atoms with Crippen LogP contribution in [0, 0.1) is 0 Å². The maximum absolute atomic E-state index is 5.42. The first kappa shape index (κ1) is 10.6. The molecule has 1 heterocycles. The van der Waals surface area contributed by atoms with Crippen LogP contribution in [0.15, 0.2) is 12.5 Å². The molecule has 0 unspecified atom stereocenters. The molecule has 0 aliphatic rings. The average Bonchev–Trinajstić information content (AvgIpc) is 2.53. The third-order valence-corrected chi connectivity index (χ3v) is 2.84. The number of hydrogen-bond acceptors (Lipinski definition) is 3. The Labute approximate surface area is 83.7 Å². The maximum Gasteiger partial charge on any atom is 0.0950 e. The molecule has 4 heteroatoms. The summed E-state index contributed by atoms with van der Waals surface area (Å²) in [6.45, 7) is 5.08. The molecule has 0 amide bonds. The monoisotopic (exact) mass is 199 g/mol. The van der Waals surface area contributed by atoms with E-state index in [2.05, 4.69) is 23.4 Å². The molecule has 1 aromatic rings. The lowest BCUT2D eigenvalue weighted by Crippen LogP contribution is -2.05. The van der Waals surface area contributed by atoms with Crippen molar-refractivity contribution in [2.45, 2.75) is 25.6 Å². The van der Waals surface area contributed by atoms with E-state index < -0.39 is 0 Å². The Kier molecular flexibility index (Phi) is 4.32. The van der Waals surface area contributed by atoms with Crippen molar-refractivity contribution in [2.24, 2.45) is 5.73 Å². The van der Waals surface area contributed by atoms with Crippen LogP contribution >= 0.6 is 11.8 Å². The van der Waals surface area contributed by atoms with E-state index in [0.717, 1.165) is 18.1 Å². The molecule has 1 aromatic heterocycles. The SMILES string of the molecule is CC(C)n1cncc1CSCCN. The van der Waals surface area contributed by atoms with Crippen molar-refractivity contribution in [3.63, 3.8) is 0 Å².